The van der Waals surface area contributed by atoms with Gasteiger partial charge in [0.2, 0.25) is 0 Å². The standard InChI is InChI=1S/C6H9O10P.2Ca.4H/c7-3(8)1-6(5(11)12,2-4(9)10)16-17(13,14)15;;;;;;/h1-2H2,(H,7,8)(H,9,10)(H,11,12)(H2,13,14,15);;;;;;. The summed E-state index contributed by atoms with van der Waals surface area (Å²) in [4.78, 5) is 48.5. The van der Waals surface area contributed by atoms with Crippen LogP contribution in [0.4, 0.5) is 0 Å². The molecule has 0 fully saturated rings. The van der Waals surface area contributed by atoms with Gasteiger partial charge in [-0.05, 0) is 0 Å². The van der Waals surface area contributed by atoms with Crippen molar-refractivity contribution >= 4 is 101 Å². The zero-order chi connectivity index (χ0) is 13.9. The summed E-state index contributed by atoms with van der Waals surface area (Å²) in [6.45, 7) is 0. The van der Waals surface area contributed by atoms with Crippen LogP contribution < -0.4 is 0 Å². The van der Waals surface area contributed by atoms with Crippen molar-refractivity contribution in [1.82, 2.24) is 0 Å². The van der Waals surface area contributed by atoms with Crippen LogP contribution in [0.15, 0.2) is 0 Å². The molecule has 0 aromatic rings. The fourth-order valence-corrected chi connectivity index (χ4v) is 1.70. The van der Waals surface area contributed by atoms with Crippen molar-refractivity contribution in [3.63, 3.8) is 0 Å². The second kappa shape index (κ2) is 9.88. The molecule has 0 rings (SSSR count). The molecule has 13 heteroatoms. The van der Waals surface area contributed by atoms with E-state index in [4.69, 9.17) is 25.1 Å². The molecule has 10 nitrogen and oxygen atoms in total. The topological polar surface area (TPSA) is 179 Å². The Morgan fingerprint density at radius 3 is 1.42 bits per heavy atom. The van der Waals surface area contributed by atoms with E-state index in [0.717, 1.165) is 0 Å². The maximum atomic E-state index is 10.8. The third kappa shape index (κ3) is 10.4. The van der Waals surface area contributed by atoms with Gasteiger partial charge in [0, 0.05) is 0 Å². The van der Waals surface area contributed by atoms with Crippen LogP contribution in [0, 0.1) is 0 Å². The van der Waals surface area contributed by atoms with Crippen LogP contribution in [0.1, 0.15) is 12.8 Å². The number of carbonyl (C=O) groups is 3. The van der Waals surface area contributed by atoms with E-state index in [1.807, 2.05) is 0 Å². The minimum atomic E-state index is -5.36. The Balaban J connectivity index is -0.00000128. The van der Waals surface area contributed by atoms with Gasteiger partial charge in [-0.25, -0.2) is 9.36 Å². The molecular formula is C6H13Ca2O10P. The summed E-state index contributed by atoms with van der Waals surface area (Å²) in [5.41, 5.74) is -3.02. The zero-order valence-corrected chi connectivity index (χ0v) is 9.03. The number of carboxylic acid groups (broad SMARTS) is 3. The molecule has 0 aliphatic carbocycles. The van der Waals surface area contributed by atoms with Gasteiger partial charge in [0.25, 0.3) is 0 Å². The van der Waals surface area contributed by atoms with Crippen molar-refractivity contribution < 1.29 is 48.6 Å². The van der Waals surface area contributed by atoms with Crippen molar-refractivity contribution in [2.24, 2.45) is 0 Å². The molecule has 0 aliphatic heterocycles. The van der Waals surface area contributed by atoms with Gasteiger partial charge in [0.15, 0.2) is 5.60 Å². The molecule has 0 aromatic heterocycles. The number of phosphoric ester groups is 1. The van der Waals surface area contributed by atoms with E-state index < -0.39 is 44.2 Å². The van der Waals surface area contributed by atoms with Gasteiger partial charge in [0.05, 0.1) is 12.8 Å². The number of hydrogen-bond donors (Lipinski definition) is 5. The molecule has 106 valence electrons. The zero-order valence-electron chi connectivity index (χ0n) is 8.14. The number of hydrogen-bond acceptors (Lipinski definition) is 5. The van der Waals surface area contributed by atoms with Crippen LogP contribution in [-0.2, 0) is 23.5 Å². The Labute approximate surface area is 166 Å². The first-order chi connectivity index (χ1) is 7.48. The van der Waals surface area contributed by atoms with Crippen LogP contribution in [-0.4, -0.2) is 124 Å². The van der Waals surface area contributed by atoms with Crippen LogP contribution in [0.25, 0.3) is 0 Å². The molecule has 19 heavy (non-hydrogen) atoms. The number of rotatable bonds is 7. The van der Waals surface area contributed by atoms with E-state index in [2.05, 4.69) is 4.52 Å². The molecule has 0 unspecified atom stereocenters. The second-order valence-corrected chi connectivity index (χ2v) is 4.19. The number of carboxylic acids is 3. The molecule has 0 amide bonds. The summed E-state index contributed by atoms with van der Waals surface area (Å²) >= 11 is 0. The Morgan fingerprint density at radius 2 is 1.26 bits per heavy atom. The van der Waals surface area contributed by atoms with Gasteiger partial charge in [-0.1, -0.05) is 0 Å². The number of phosphoric acid groups is 1. The maximum absolute atomic E-state index is 10.8. The van der Waals surface area contributed by atoms with Gasteiger partial charge < -0.3 is 25.1 Å². The normalized spacial score (nSPS) is 10.8. The quantitative estimate of drug-likeness (QED) is 0.234. The van der Waals surface area contributed by atoms with E-state index in [9.17, 15) is 18.9 Å². The van der Waals surface area contributed by atoms with Gasteiger partial charge >= 0.3 is 101 Å². The van der Waals surface area contributed by atoms with E-state index in [0.29, 0.717) is 0 Å². The predicted molar refractivity (Wildman–Crippen MR) is 65.1 cm³/mol. The first kappa shape index (κ1) is 25.0. The fraction of sp³-hybridized carbons (Fsp3) is 0.500. The summed E-state index contributed by atoms with van der Waals surface area (Å²) in [6, 6.07) is 0. The second-order valence-electron chi connectivity index (χ2n) is 3.02. The average Bonchev–Trinajstić information content (AvgIpc) is 1.96. The summed E-state index contributed by atoms with van der Waals surface area (Å²) < 4.78 is 14.4. The minimum absolute atomic E-state index is 0. The third-order valence-electron chi connectivity index (χ3n) is 1.56. The van der Waals surface area contributed by atoms with Crippen LogP contribution >= 0.6 is 7.82 Å². The Hall–Kier alpha value is 1.04. The van der Waals surface area contributed by atoms with E-state index in [1.165, 1.54) is 0 Å². The van der Waals surface area contributed by atoms with Gasteiger partial charge in [-0.2, -0.15) is 0 Å². The molecular weight excluding hydrogens is 343 g/mol. The molecule has 0 radical (unpaired) electrons. The van der Waals surface area contributed by atoms with Crippen LogP contribution in [0.2, 0.25) is 0 Å². The van der Waals surface area contributed by atoms with E-state index in [1.54, 1.807) is 0 Å². The van der Waals surface area contributed by atoms with Gasteiger partial charge in [-0.15, -0.1) is 0 Å². The van der Waals surface area contributed by atoms with Crippen molar-refractivity contribution in [1.29, 1.82) is 0 Å². The van der Waals surface area contributed by atoms with Crippen molar-refractivity contribution in [2.45, 2.75) is 18.4 Å². The van der Waals surface area contributed by atoms with Crippen molar-refractivity contribution in [2.75, 3.05) is 0 Å². The van der Waals surface area contributed by atoms with Crippen molar-refractivity contribution in [3.8, 4) is 0 Å². The SMILES string of the molecule is O=C(O)CC(CC(=O)O)(OP(=O)(O)O)C(=O)O.[CaH2].[CaH2]. The van der Waals surface area contributed by atoms with E-state index >= 15 is 0 Å². The molecule has 0 bridgehead atoms. The van der Waals surface area contributed by atoms with E-state index in [-0.39, 0.29) is 75.5 Å². The molecule has 5 N–H and O–H groups in total. The molecule has 0 spiro atoms. The molecule has 0 heterocycles. The van der Waals surface area contributed by atoms with Gasteiger partial charge in [-0.3, -0.25) is 14.1 Å². The number of aliphatic carboxylic acids is 3. The average molecular weight is 356 g/mol. The summed E-state index contributed by atoms with van der Waals surface area (Å²) in [6.07, 6.45) is -2.81. The van der Waals surface area contributed by atoms with Crippen molar-refractivity contribution in [3.05, 3.63) is 0 Å². The first-order valence-corrected chi connectivity index (χ1v) is 5.45. The Bertz CT molecular complexity index is 373. The molecule has 0 atom stereocenters. The first-order valence-electron chi connectivity index (χ1n) is 3.92. The predicted octanol–water partition coefficient (Wildman–Crippen LogP) is -2.96. The fourth-order valence-electron chi connectivity index (χ4n) is 1.03. The molecule has 0 saturated heterocycles. The Morgan fingerprint density at radius 1 is 0.947 bits per heavy atom. The van der Waals surface area contributed by atoms with Crippen LogP contribution in [0.5, 0.6) is 0 Å². The third-order valence-corrected chi connectivity index (χ3v) is 2.14. The molecule has 0 aliphatic rings. The van der Waals surface area contributed by atoms with Crippen LogP contribution in [0.3, 0.4) is 0 Å². The Kier molecular flexibility index (Phi) is 13.0. The summed E-state index contributed by atoms with van der Waals surface area (Å²) in [5, 5.41) is 25.5. The molecule has 0 aromatic carbocycles. The monoisotopic (exact) mass is 356 g/mol. The summed E-state index contributed by atoms with van der Waals surface area (Å²) in [5.74, 6) is -5.64. The molecule has 0 saturated carbocycles. The van der Waals surface area contributed by atoms with Gasteiger partial charge in [0.1, 0.15) is 0 Å². The summed E-state index contributed by atoms with van der Waals surface area (Å²) in [7, 11) is -5.36.